The molecule has 4 saturated heterocycles. The molecule has 46 heavy (non-hydrogen) atoms. The molecule has 0 aromatic heterocycles. The molecule has 8 nitrogen and oxygen atoms in total. The van der Waals surface area contributed by atoms with Crippen LogP contribution in [0.5, 0.6) is 0 Å². The quantitative estimate of drug-likeness (QED) is 0.0926. The Bertz CT molecular complexity index is 866. The third kappa shape index (κ3) is 13.1. The van der Waals surface area contributed by atoms with Gasteiger partial charge in [-0.05, 0) is 77.6 Å². The lowest BCUT2D eigenvalue weighted by Crippen LogP contribution is -2.32. The molecule has 4 fully saturated rings. The van der Waals surface area contributed by atoms with Gasteiger partial charge >= 0.3 is 5.97 Å². The summed E-state index contributed by atoms with van der Waals surface area (Å²) in [4.78, 5) is 23.2. The first-order chi connectivity index (χ1) is 22.4. The molecule has 0 amide bonds. The third-order valence-electron chi connectivity index (χ3n) is 10.9. The highest BCUT2D eigenvalue weighted by molar-refractivity contribution is 5.83. The highest BCUT2D eigenvalue weighted by atomic mass is 16.7. The average molecular weight is 651 g/mol. The molecule has 0 aromatic rings. The summed E-state index contributed by atoms with van der Waals surface area (Å²) in [6, 6.07) is 0. The molecule has 4 rings (SSSR count). The lowest BCUT2D eigenvalue weighted by molar-refractivity contribution is -0.154. The number of carbonyl (C=O) groups is 2. The zero-order valence-corrected chi connectivity index (χ0v) is 29.2. The fourth-order valence-corrected chi connectivity index (χ4v) is 8.12. The number of Topliss-reactive ketones (excluding diaryl/α,β-unsaturated/α-hetero) is 1. The van der Waals surface area contributed by atoms with Crippen LogP contribution in [0.1, 0.15) is 168 Å². The van der Waals surface area contributed by atoms with Crippen molar-refractivity contribution in [2.75, 3.05) is 6.79 Å². The van der Waals surface area contributed by atoms with Crippen LogP contribution in [0.15, 0.2) is 0 Å². The Balaban J connectivity index is 1.01. The number of hydrogen-bond donors (Lipinski definition) is 1. The van der Waals surface area contributed by atoms with Gasteiger partial charge in [-0.25, -0.2) is 0 Å². The molecule has 4 aliphatic rings. The standard InChI is InChI=1S/C38H66O8/c1-3-4-5-6-7-8-12-15-18-32(40)33-21-24-37(46-33)35-23-22-34(42-27-43-35)36-20-19-30(44-36)16-13-10-9-11-14-17-31-26-29(25-28(2)39)38(41)45-31/h29-37,40H,3-27H2,1-2H3/t29-,30-,31-,32-,33-,34+,35-,36+,37-/m1/s1. The zero-order valence-electron chi connectivity index (χ0n) is 29.2. The predicted octanol–water partition coefficient (Wildman–Crippen LogP) is 8.14. The molecule has 4 aliphatic heterocycles. The van der Waals surface area contributed by atoms with Crippen molar-refractivity contribution in [2.24, 2.45) is 5.92 Å². The number of ketones is 1. The van der Waals surface area contributed by atoms with Gasteiger partial charge in [0.2, 0.25) is 0 Å². The monoisotopic (exact) mass is 650 g/mol. The van der Waals surface area contributed by atoms with Crippen molar-refractivity contribution in [1.29, 1.82) is 0 Å². The highest BCUT2D eigenvalue weighted by Gasteiger charge is 2.39. The molecular weight excluding hydrogens is 584 g/mol. The molecule has 1 N–H and O–H groups in total. The summed E-state index contributed by atoms with van der Waals surface area (Å²) in [6.07, 6.45) is 26.0. The Kier molecular flexibility index (Phi) is 17.3. The average Bonchev–Trinajstić information content (AvgIpc) is 3.75. The largest absolute Gasteiger partial charge is 0.462 e. The van der Waals surface area contributed by atoms with Crippen LogP contribution in [-0.2, 0) is 33.3 Å². The van der Waals surface area contributed by atoms with Gasteiger partial charge in [-0.3, -0.25) is 4.79 Å². The van der Waals surface area contributed by atoms with E-state index >= 15 is 0 Å². The van der Waals surface area contributed by atoms with E-state index in [-0.39, 0.29) is 60.4 Å². The number of esters is 1. The van der Waals surface area contributed by atoms with Crippen LogP contribution in [0.2, 0.25) is 0 Å². The number of ether oxygens (including phenoxy) is 5. The van der Waals surface area contributed by atoms with Gasteiger partial charge in [0.25, 0.3) is 0 Å². The lowest BCUT2D eigenvalue weighted by Gasteiger charge is -2.24. The van der Waals surface area contributed by atoms with Gasteiger partial charge in [-0.2, -0.15) is 0 Å². The minimum Gasteiger partial charge on any atom is -0.462 e. The number of carbonyl (C=O) groups excluding carboxylic acids is 2. The van der Waals surface area contributed by atoms with Crippen molar-refractivity contribution in [1.82, 2.24) is 0 Å². The summed E-state index contributed by atoms with van der Waals surface area (Å²) in [7, 11) is 0. The van der Waals surface area contributed by atoms with E-state index in [2.05, 4.69) is 6.92 Å². The summed E-state index contributed by atoms with van der Waals surface area (Å²) < 4.78 is 30.6. The molecule has 0 aromatic carbocycles. The summed E-state index contributed by atoms with van der Waals surface area (Å²) in [5.41, 5.74) is 0. The minimum atomic E-state index is -0.366. The second kappa shape index (κ2) is 21.1. The van der Waals surface area contributed by atoms with E-state index in [0.29, 0.717) is 25.7 Å². The number of aliphatic hydroxyl groups is 1. The molecule has 0 spiro atoms. The van der Waals surface area contributed by atoms with Crippen LogP contribution in [0, 0.1) is 5.92 Å². The fourth-order valence-electron chi connectivity index (χ4n) is 8.12. The highest BCUT2D eigenvalue weighted by Crippen LogP contribution is 2.34. The van der Waals surface area contributed by atoms with Gasteiger partial charge in [0.15, 0.2) is 0 Å². The van der Waals surface area contributed by atoms with Gasteiger partial charge in [0.1, 0.15) is 18.7 Å². The van der Waals surface area contributed by atoms with Crippen molar-refractivity contribution in [3.63, 3.8) is 0 Å². The summed E-state index contributed by atoms with van der Waals surface area (Å²) in [6.45, 7) is 4.09. The molecule has 9 atom stereocenters. The molecule has 0 radical (unpaired) electrons. The molecule has 0 bridgehead atoms. The Morgan fingerprint density at radius 1 is 0.717 bits per heavy atom. The van der Waals surface area contributed by atoms with Crippen molar-refractivity contribution in [3.05, 3.63) is 0 Å². The van der Waals surface area contributed by atoms with E-state index in [1.54, 1.807) is 6.92 Å². The fraction of sp³-hybridized carbons (Fsp3) is 0.947. The van der Waals surface area contributed by atoms with Crippen molar-refractivity contribution in [2.45, 2.75) is 217 Å². The lowest BCUT2D eigenvalue weighted by atomic mass is 9.96. The van der Waals surface area contributed by atoms with Crippen LogP contribution in [0.3, 0.4) is 0 Å². The van der Waals surface area contributed by atoms with Crippen LogP contribution < -0.4 is 0 Å². The molecular formula is C38H66O8. The molecule has 8 heteroatoms. The van der Waals surface area contributed by atoms with E-state index in [1.807, 2.05) is 0 Å². The van der Waals surface area contributed by atoms with E-state index in [9.17, 15) is 14.7 Å². The van der Waals surface area contributed by atoms with Gasteiger partial charge < -0.3 is 33.6 Å². The van der Waals surface area contributed by atoms with Gasteiger partial charge in [-0.1, -0.05) is 84.0 Å². The number of unbranched alkanes of at least 4 members (excludes halogenated alkanes) is 11. The Labute approximate surface area is 279 Å². The SMILES string of the molecule is CCCCCCCCCC[C@@H](O)[C@H]1CC[C@H]([C@H]2CC[C@@H]([C@@H]3CC[C@@H](CCCCCCC[C@@H]4C[C@@H](CC(C)=O)C(=O)O4)O3)OCO2)O1. The van der Waals surface area contributed by atoms with Crippen molar-refractivity contribution in [3.8, 4) is 0 Å². The topological polar surface area (TPSA) is 101 Å². The first kappa shape index (κ1) is 37.8. The smallest absolute Gasteiger partial charge is 0.309 e. The first-order valence-corrected chi connectivity index (χ1v) is 19.3. The maximum atomic E-state index is 11.9. The third-order valence-corrected chi connectivity index (χ3v) is 10.9. The molecule has 0 unspecified atom stereocenters. The Morgan fingerprint density at radius 2 is 1.28 bits per heavy atom. The number of hydrogen-bond acceptors (Lipinski definition) is 8. The second-order valence-corrected chi connectivity index (χ2v) is 14.8. The number of rotatable bonds is 22. The van der Waals surface area contributed by atoms with Crippen LogP contribution in [0.25, 0.3) is 0 Å². The van der Waals surface area contributed by atoms with Crippen LogP contribution in [0.4, 0.5) is 0 Å². The first-order valence-electron chi connectivity index (χ1n) is 19.3. The van der Waals surface area contributed by atoms with E-state index < -0.39 is 0 Å². The van der Waals surface area contributed by atoms with E-state index in [4.69, 9.17) is 23.7 Å². The Morgan fingerprint density at radius 3 is 1.96 bits per heavy atom. The molecule has 4 heterocycles. The molecule has 0 saturated carbocycles. The minimum absolute atomic E-state index is 0.00238. The van der Waals surface area contributed by atoms with Gasteiger partial charge in [0, 0.05) is 6.42 Å². The van der Waals surface area contributed by atoms with Gasteiger partial charge in [-0.15, -0.1) is 0 Å². The number of aliphatic hydroxyl groups excluding tert-OH is 1. The molecule has 0 aliphatic carbocycles. The maximum Gasteiger partial charge on any atom is 0.309 e. The summed E-state index contributed by atoms with van der Waals surface area (Å²) in [5.74, 6) is -0.347. The molecule has 266 valence electrons. The van der Waals surface area contributed by atoms with E-state index in [0.717, 1.165) is 77.0 Å². The van der Waals surface area contributed by atoms with Gasteiger partial charge in [0.05, 0.1) is 48.6 Å². The summed E-state index contributed by atoms with van der Waals surface area (Å²) in [5, 5.41) is 10.8. The summed E-state index contributed by atoms with van der Waals surface area (Å²) >= 11 is 0. The maximum absolute atomic E-state index is 11.9. The van der Waals surface area contributed by atoms with Crippen LogP contribution in [-0.4, -0.2) is 72.5 Å². The number of cyclic esters (lactones) is 1. The van der Waals surface area contributed by atoms with E-state index in [1.165, 1.54) is 64.2 Å². The normalized spacial score (nSPS) is 32.5. The van der Waals surface area contributed by atoms with Crippen molar-refractivity contribution < 1.29 is 38.4 Å². The predicted molar refractivity (Wildman–Crippen MR) is 178 cm³/mol. The zero-order chi connectivity index (χ0) is 32.6. The second-order valence-electron chi connectivity index (χ2n) is 14.8. The van der Waals surface area contributed by atoms with Crippen LogP contribution >= 0.6 is 0 Å². The Hall–Kier alpha value is -1.06. The van der Waals surface area contributed by atoms with Crippen molar-refractivity contribution >= 4 is 11.8 Å².